The number of nitrogens with zero attached hydrogens (tertiary/aromatic N) is 4. The lowest BCUT2D eigenvalue weighted by molar-refractivity contribution is -0.644. The normalized spacial score (nSPS) is 21.7. The summed E-state index contributed by atoms with van der Waals surface area (Å²) in [7, 11) is 0. The molecule has 0 bridgehead atoms. The molecule has 2 aromatic rings. The molecule has 122 valence electrons. The zero-order valence-corrected chi connectivity index (χ0v) is 13.5. The maximum absolute atomic E-state index is 12.1. The molecule has 6 heteroatoms. The van der Waals surface area contributed by atoms with Gasteiger partial charge in [-0.3, -0.25) is 4.90 Å². The monoisotopic (exact) mass is 314 g/mol. The van der Waals surface area contributed by atoms with Gasteiger partial charge in [0.05, 0.1) is 13.2 Å². The Bertz CT molecular complexity index is 728. The zero-order chi connectivity index (χ0) is 15.8. The lowest BCUT2D eigenvalue weighted by Crippen LogP contribution is -2.39. The Kier molecular flexibility index (Phi) is 3.87. The van der Waals surface area contributed by atoms with E-state index >= 15 is 0 Å². The standard InChI is InChI=1S/C17H22N4O2/c1-2-17-18-15-9-13-7-12(11-20-3-5-23-6-4-20)8-14(13)10-16(15)21(22)19-17/h9-10,12H,2-8,11H2,1H3. The Labute approximate surface area is 135 Å². The van der Waals surface area contributed by atoms with Crippen LogP contribution in [0.5, 0.6) is 0 Å². The Morgan fingerprint density at radius 3 is 2.74 bits per heavy atom. The molecule has 6 nitrogen and oxygen atoms in total. The molecule has 1 atom stereocenters. The van der Waals surface area contributed by atoms with E-state index in [0.29, 0.717) is 23.7 Å². The van der Waals surface area contributed by atoms with E-state index in [-0.39, 0.29) is 0 Å². The van der Waals surface area contributed by atoms with Crippen molar-refractivity contribution in [2.75, 3.05) is 32.8 Å². The first-order valence-corrected chi connectivity index (χ1v) is 8.45. The molecule has 0 N–H and O–H groups in total. The molecule has 1 aliphatic heterocycles. The molecule has 2 aliphatic rings. The highest BCUT2D eigenvalue weighted by molar-refractivity contribution is 5.73. The van der Waals surface area contributed by atoms with Crippen molar-refractivity contribution in [2.45, 2.75) is 26.2 Å². The minimum atomic E-state index is 0.591. The summed E-state index contributed by atoms with van der Waals surface area (Å²) in [4.78, 5) is 7.74. The lowest BCUT2D eigenvalue weighted by Gasteiger charge is -2.28. The van der Waals surface area contributed by atoms with Gasteiger partial charge < -0.3 is 9.94 Å². The number of rotatable bonds is 3. The molecule has 0 radical (unpaired) electrons. The number of aryl methyl sites for hydroxylation is 1. The molecule has 1 unspecified atom stereocenters. The Hall–Kier alpha value is -1.79. The summed E-state index contributed by atoms with van der Waals surface area (Å²) >= 11 is 0. The Morgan fingerprint density at radius 1 is 1.26 bits per heavy atom. The van der Waals surface area contributed by atoms with E-state index in [1.807, 2.05) is 13.0 Å². The van der Waals surface area contributed by atoms with Crippen LogP contribution in [0.15, 0.2) is 12.1 Å². The number of hydrogen-bond acceptors (Lipinski definition) is 5. The molecule has 0 amide bonds. The Morgan fingerprint density at radius 2 is 2.00 bits per heavy atom. The van der Waals surface area contributed by atoms with Crippen LogP contribution in [0.4, 0.5) is 0 Å². The number of ether oxygens (including phenoxy) is 1. The minimum Gasteiger partial charge on any atom is -0.594 e. The van der Waals surface area contributed by atoms with Gasteiger partial charge in [-0.1, -0.05) is 6.92 Å². The van der Waals surface area contributed by atoms with Gasteiger partial charge in [-0.2, -0.15) is 0 Å². The van der Waals surface area contributed by atoms with Crippen LogP contribution in [-0.4, -0.2) is 47.8 Å². The van der Waals surface area contributed by atoms with Crippen molar-refractivity contribution in [2.24, 2.45) is 5.92 Å². The zero-order valence-electron chi connectivity index (χ0n) is 13.5. The van der Waals surface area contributed by atoms with Crippen LogP contribution in [0.25, 0.3) is 11.0 Å². The highest BCUT2D eigenvalue weighted by Crippen LogP contribution is 2.30. The topological polar surface area (TPSA) is 65.2 Å². The highest BCUT2D eigenvalue weighted by atomic mass is 16.5. The van der Waals surface area contributed by atoms with Crippen LogP contribution in [0.1, 0.15) is 23.9 Å². The third-order valence-corrected chi connectivity index (χ3v) is 4.91. The van der Waals surface area contributed by atoms with Gasteiger partial charge in [-0.05, 0) is 40.8 Å². The molecule has 4 rings (SSSR count). The minimum absolute atomic E-state index is 0.591. The van der Waals surface area contributed by atoms with Gasteiger partial charge in [0.25, 0.3) is 5.52 Å². The van der Waals surface area contributed by atoms with Crippen molar-refractivity contribution in [3.05, 3.63) is 34.3 Å². The van der Waals surface area contributed by atoms with Crippen molar-refractivity contribution < 1.29 is 9.58 Å². The second kappa shape index (κ2) is 6.02. The fourth-order valence-corrected chi connectivity index (χ4v) is 3.73. The number of fused-ring (bicyclic) bond motifs is 2. The lowest BCUT2D eigenvalue weighted by atomic mass is 10.1. The van der Waals surface area contributed by atoms with Crippen LogP contribution in [0.2, 0.25) is 0 Å². The van der Waals surface area contributed by atoms with Crippen LogP contribution >= 0.6 is 0 Å². The van der Waals surface area contributed by atoms with Crippen molar-refractivity contribution in [3.8, 4) is 0 Å². The highest BCUT2D eigenvalue weighted by Gasteiger charge is 2.26. The molecule has 23 heavy (non-hydrogen) atoms. The second-order valence-electron chi connectivity index (χ2n) is 6.55. The molecule has 1 aromatic carbocycles. The fourth-order valence-electron chi connectivity index (χ4n) is 3.73. The third kappa shape index (κ3) is 2.88. The van der Waals surface area contributed by atoms with Crippen molar-refractivity contribution in [1.29, 1.82) is 0 Å². The molecule has 0 spiro atoms. The third-order valence-electron chi connectivity index (χ3n) is 4.91. The van der Waals surface area contributed by atoms with Gasteiger partial charge >= 0.3 is 0 Å². The number of benzene rings is 1. The molecule has 1 saturated heterocycles. The molecular weight excluding hydrogens is 292 g/mol. The molecule has 2 heterocycles. The van der Waals surface area contributed by atoms with E-state index in [4.69, 9.17) is 4.74 Å². The average molecular weight is 314 g/mol. The van der Waals surface area contributed by atoms with Gasteiger partial charge in [0.15, 0.2) is 5.82 Å². The van der Waals surface area contributed by atoms with E-state index in [9.17, 15) is 5.21 Å². The van der Waals surface area contributed by atoms with Gasteiger partial charge in [0.2, 0.25) is 0 Å². The first-order chi connectivity index (χ1) is 11.2. The van der Waals surface area contributed by atoms with Crippen molar-refractivity contribution in [1.82, 2.24) is 15.0 Å². The number of morpholine rings is 1. The predicted octanol–water partition coefficient (Wildman–Crippen LogP) is 0.873. The largest absolute Gasteiger partial charge is 0.594 e. The van der Waals surface area contributed by atoms with Crippen LogP contribution in [0, 0.1) is 11.1 Å². The van der Waals surface area contributed by atoms with E-state index < -0.39 is 0 Å². The predicted molar refractivity (Wildman–Crippen MR) is 86.0 cm³/mol. The first kappa shape index (κ1) is 14.8. The summed E-state index contributed by atoms with van der Waals surface area (Å²) in [5, 5.41) is 16.1. The molecular formula is C17H22N4O2. The molecule has 1 aromatic heterocycles. The fraction of sp³-hybridized carbons (Fsp3) is 0.588. The number of aromatic nitrogens is 3. The smallest absolute Gasteiger partial charge is 0.270 e. The Balaban J connectivity index is 1.58. The maximum atomic E-state index is 12.1. The first-order valence-electron chi connectivity index (χ1n) is 8.45. The SMILES string of the molecule is CCc1nc2cc3c(cc2[n+]([O-])n1)CC(CN1CCOCC1)C3. The van der Waals surface area contributed by atoms with Gasteiger partial charge in [0.1, 0.15) is 5.52 Å². The van der Waals surface area contributed by atoms with Crippen LogP contribution in [0.3, 0.4) is 0 Å². The van der Waals surface area contributed by atoms with Crippen LogP contribution < -0.4 is 4.85 Å². The summed E-state index contributed by atoms with van der Waals surface area (Å²) in [6, 6.07) is 4.09. The van der Waals surface area contributed by atoms with E-state index in [2.05, 4.69) is 21.0 Å². The quantitative estimate of drug-likeness (QED) is 0.621. The van der Waals surface area contributed by atoms with E-state index in [1.54, 1.807) is 0 Å². The van der Waals surface area contributed by atoms with E-state index in [1.165, 1.54) is 11.1 Å². The van der Waals surface area contributed by atoms with Gasteiger partial charge in [-0.15, -0.1) is 0 Å². The molecule has 0 saturated carbocycles. The second-order valence-corrected chi connectivity index (χ2v) is 6.55. The summed E-state index contributed by atoms with van der Waals surface area (Å²) in [5.74, 6) is 1.23. The number of hydrogen-bond donors (Lipinski definition) is 0. The summed E-state index contributed by atoms with van der Waals surface area (Å²) in [6.07, 6.45) is 2.79. The van der Waals surface area contributed by atoms with Crippen molar-refractivity contribution >= 4 is 11.0 Å². The average Bonchev–Trinajstić information content (AvgIpc) is 2.95. The maximum Gasteiger partial charge on any atom is 0.270 e. The van der Waals surface area contributed by atoms with E-state index in [0.717, 1.165) is 56.1 Å². The summed E-state index contributed by atoms with van der Waals surface area (Å²) in [6.45, 7) is 6.82. The van der Waals surface area contributed by atoms with Gasteiger partial charge in [-0.25, -0.2) is 4.98 Å². The van der Waals surface area contributed by atoms with Gasteiger partial charge in [0, 0.05) is 37.2 Å². The van der Waals surface area contributed by atoms with Crippen molar-refractivity contribution in [3.63, 3.8) is 0 Å². The summed E-state index contributed by atoms with van der Waals surface area (Å²) < 4.78 is 5.42. The molecule has 1 aliphatic carbocycles. The molecule has 1 fully saturated rings. The summed E-state index contributed by atoms with van der Waals surface area (Å²) in [5.41, 5.74) is 4.00. The van der Waals surface area contributed by atoms with Crippen LogP contribution in [-0.2, 0) is 24.0 Å².